The number of carbonyl (C=O) groups excluding carboxylic acids is 1. The summed E-state index contributed by atoms with van der Waals surface area (Å²) in [7, 11) is 1.63. The molecule has 2 heterocycles. The number of rotatable bonds is 7. The van der Waals surface area contributed by atoms with Crippen LogP contribution in [0.25, 0.3) is 21.3 Å². The number of hydrogen-bond acceptors (Lipinski definition) is 7. The third kappa shape index (κ3) is 4.87. The number of ether oxygens (including phenoxy) is 2. The summed E-state index contributed by atoms with van der Waals surface area (Å²) in [4.78, 5) is 25.4. The van der Waals surface area contributed by atoms with Gasteiger partial charge in [0.2, 0.25) is 11.8 Å². The van der Waals surface area contributed by atoms with Crippen molar-refractivity contribution in [2.24, 2.45) is 0 Å². The lowest BCUT2D eigenvalue weighted by Crippen LogP contribution is -2.13. The maximum absolute atomic E-state index is 12.4. The summed E-state index contributed by atoms with van der Waals surface area (Å²) >= 11 is 1.39. The van der Waals surface area contributed by atoms with E-state index in [9.17, 15) is 4.79 Å². The fraction of sp³-hybridized carbons (Fsp3) is 0.0769. The van der Waals surface area contributed by atoms with Gasteiger partial charge in [-0.05, 0) is 35.4 Å². The van der Waals surface area contributed by atoms with Gasteiger partial charge in [0.25, 0.3) is 0 Å². The SMILES string of the molecule is COc1cccc(-c2cncnc2Oc2ccc3nc(NC(=O)Cc4ccccc4)sc3c2)c1. The zero-order valence-corrected chi connectivity index (χ0v) is 19.1. The first-order valence-corrected chi connectivity index (χ1v) is 11.4. The van der Waals surface area contributed by atoms with Gasteiger partial charge in [-0.25, -0.2) is 15.0 Å². The van der Waals surface area contributed by atoms with E-state index in [0.29, 0.717) is 23.2 Å². The number of fused-ring (bicyclic) bond motifs is 1. The van der Waals surface area contributed by atoms with E-state index in [1.54, 1.807) is 13.3 Å². The highest BCUT2D eigenvalue weighted by atomic mass is 32.1. The Balaban J connectivity index is 1.35. The van der Waals surface area contributed by atoms with Crippen molar-refractivity contribution in [1.29, 1.82) is 0 Å². The number of nitrogens with zero attached hydrogens (tertiary/aromatic N) is 3. The molecule has 0 saturated heterocycles. The van der Waals surface area contributed by atoms with Gasteiger partial charge < -0.3 is 14.8 Å². The molecule has 0 unspecified atom stereocenters. The van der Waals surface area contributed by atoms with Crippen LogP contribution < -0.4 is 14.8 Å². The molecule has 8 heteroatoms. The minimum Gasteiger partial charge on any atom is -0.497 e. The second kappa shape index (κ2) is 9.68. The highest BCUT2D eigenvalue weighted by Gasteiger charge is 2.13. The monoisotopic (exact) mass is 468 g/mol. The van der Waals surface area contributed by atoms with Crippen molar-refractivity contribution in [2.45, 2.75) is 6.42 Å². The molecular formula is C26H20N4O3S. The van der Waals surface area contributed by atoms with Crippen LogP contribution in [0.4, 0.5) is 5.13 Å². The van der Waals surface area contributed by atoms with Gasteiger partial charge in [-0.15, -0.1) is 0 Å². The molecule has 2 aromatic heterocycles. The molecule has 5 aromatic rings. The number of anilines is 1. The van der Waals surface area contributed by atoms with E-state index < -0.39 is 0 Å². The molecule has 0 spiro atoms. The molecule has 0 atom stereocenters. The summed E-state index contributed by atoms with van der Waals surface area (Å²) in [5.74, 6) is 1.68. The molecule has 3 aromatic carbocycles. The van der Waals surface area contributed by atoms with Crippen molar-refractivity contribution in [3.05, 3.63) is 90.9 Å². The van der Waals surface area contributed by atoms with Crippen LogP contribution in [0.15, 0.2) is 85.3 Å². The quantitative estimate of drug-likeness (QED) is 0.328. The summed E-state index contributed by atoms with van der Waals surface area (Å²) < 4.78 is 12.3. The first-order chi connectivity index (χ1) is 16.7. The first-order valence-electron chi connectivity index (χ1n) is 10.5. The third-order valence-corrected chi connectivity index (χ3v) is 6.02. The van der Waals surface area contributed by atoms with Gasteiger partial charge in [0.1, 0.15) is 17.8 Å². The van der Waals surface area contributed by atoms with Crippen LogP contribution in [0, 0.1) is 0 Å². The summed E-state index contributed by atoms with van der Waals surface area (Å²) in [5, 5.41) is 3.43. The highest BCUT2D eigenvalue weighted by Crippen LogP contribution is 2.35. The van der Waals surface area contributed by atoms with E-state index in [2.05, 4.69) is 20.3 Å². The molecule has 0 aliphatic rings. The van der Waals surface area contributed by atoms with E-state index in [-0.39, 0.29) is 5.91 Å². The van der Waals surface area contributed by atoms with Gasteiger partial charge in [-0.3, -0.25) is 4.79 Å². The van der Waals surface area contributed by atoms with Gasteiger partial charge in [0.15, 0.2) is 5.13 Å². The van der Waals surface area contributed by atoms with Crippen molar-refractivity contribution in [3.8, 4) is 28.5 Å². The van der Waals surface area contributed by atoms with Crippen molar-refractivity contribution >= 4 is 32.6 Å². The van der Waals surface area contributed by atoms with Crippen LogP contribution in [-0.2, 0) is 11.2 Å². The van der Waals surface area contributed by atoms with Gasteiger partial charge >= 0.3 is 0 Å². The van der Waals surface area contributed by atoms with Crippen molar-refractivity contribution in [1.82, 2.24) is 15.0 Å². The molecule has 0 aliphatic heterocycles. The number of nitrogens with one attached hydrogen (secondary N) is 1. The van der Waals surface area contributed by atoms with Crippen molar-refractivity contribution in [2.75, 3.05) is 12.4 Å². The number of aromatic nitrogens is 3. The minimum atomic E-state index is -0.106. The number of thiazole rings is 1. The average molecular weight is 469 g/mol. The van der Waals surface area contributed by atoms with Crippen LogP contribution in [-0.4, -0.2) is 28.0 Å². The molecule has 1 N–H and O–H groups in total. The maximum atomic E-state index is 12.4. The molecular weight excluding hydrogens is 448 g/mol. The average Bonchev–Trinajstić information content (AvgIpc) is 3.26. The van der Waals surface area contributed by atoms with E-state index >= 15 is 0 Å². The van der Waals surface area contributed by atoms with Crippen LogP contribution >= 0.6 is 11.3 Å². The number of carbonyl (C=O) groups is 1. The van der Waals surface area contributed by atoms with Crippen LogP contribution in [0.1, 0.15) is 5.56 Å². The standard InChI is InChI=1S/C26H20N4O3S/c1-32-19-9-5-8-18(13-19)21-15-27-16-28-25(21)33-20-10-11-22-23(14-20)34-26(29-22)30-24(31)12-17-6-3-2-4-7-17/h2-11,13-16H,12H2,1H3,(H,29,30,31). The largest absolute Gasteiger partial charge is 0.497 e. The molecule has 1 amide bonds. The fourth-order valence-corrected chi connectivity index (χ4v) is 4.38. The Hall–Kier alpha value is -4.30. The highest BCUT2D eigenvalue weighted by molar-refractivity contribution is 7.22. The van der Waals surface area contributed by atoms with Crippen molar-refractivity contribution in [3.63, 3.8) is 0 Å². The summed E-state index contributed by atoms with van der Waals surface area (Å²) in [6, 6.07) is 22.8. The number of hydrogen-bond donors (Lipinski definition) is 1. The van der Waals surface area contributed by atoms with Crippen LogP contribution in [0.3, 0.4) is 0 Å². The normalized spacial score (nSPS) is 10.7. The maximum Gasteiger partial charge on any atom is 0.230 e. The summed E-state index contributed by atoms with van der Waals surface area (Å²) in [6.45, 7) is 0. The smallest absolute Gasteiger partial charge is 0.230 e. The second-order valence-corrected chi connectivity index (χ2v) is 8.47. The predicted molar refractivity (Wildman–Crippen MR) is 132 cm³/mol. The number of methoxy groups -OCH3 is 1. The fourth-order valence-electron chi connectivity index (χ4n) is 3.47. The third-order valence-electron chi connectivity index (χ3n) is 5.08. The molecule has 168 valence electrons. The Morgan fingerprint density at radius 3 is 2.74 bits per heavy atom. The van der Waals surface area contributed by atoms with Crippen LogP contribution in [0.2, 0.25) is 0 Å². The summed E-state index contributed by atoms with van der Waals surface area (Å²) in [5.41, 5.74) is 3.37. The molecule has 34 heavy (non-hydrogen) atoms. The van der Waals surface area contributed by atoms with E-state index in [0.717, 1.165) is 32.7 Å². The molecule has 0 fully saturated rings. The Labute approximate surface area is 200 Å². The molecule has 0 radical (unpaired) electrons. The molecule has 7 nitrogen and oxygen atoms in total. The lowest BCUT2D eigenvalue weighted by atomic mass is 10.1. The lowest BCUT2D eigenvalue weighted by molar-refractivity contribution is -0.115. The Morgan fingerprint density at radius 1 is 1.00 bits per heavy atom. The molecule has 0 saturated carbocycles. The summed E-state index contributed by atoms with van der Waals surface area (Å²) in [6.07, 6.45) is 3.46. The second-order valence-electron chi connectivity index (χ2n) is 7.43. The topological polar surface area (TPSA) is 86.2 Å². The van der Waals surface area contributed by atoms with Crippen LogP contribution in [0.5, 0.6) is 17.4 Å². The van der Waals surface area contributed by atoms with Crippen molar-refractivity contribution < 1.29 is 14.3 Å². The number of amides is 1. The predicted octanol–water partition coefficient (Wildman–Crippen LogP) is 5.74. The van der Waals surface area contributed by atoms with Gasteiger partial charge in [-0.1, -0.05) is 53.8 Å². The minimum absolute atomic E-state index is 0.106. The van der Waals surface area contributed by atoms with E-state index in [1.165, 1.54) is 17.7 Å². The zero-order chi connectivity index (χ0) is 23.3. The Morgan fingerprint density at radius 2 is 1.88 bits per heavy atom. The van der Waals surface area contributed by atoms with Gasteiger partial charge in [-0.2, -0.15) is 0 Å². The number of benzene rings is 3. The molecule has 5 rings (SSSR count). The van der Waals surface area contributed by atoms with Gasteiger partial charge in [0, 0.05) is 12.3 Å². The van der Waals surface area contributed by atoms with Gasteiger partial charge in [0.05, 0.1) is 29.3 Å². The molecule has 0 aliphatic carbocycles. The lowest BCUT2D eigenvalue weighted by Gasteiger charge is -2.10. The van der Waals surface area contributed by atoms with E-state index in [4.69, 9.17) is 9.47 Å². The molecule has 0 bridgehead atoms. The zero-order valence-electron chi connectivity index (χ0n) is 18.3. The Bertz CT molecular complexity index is 1450. The van der Waals surface area contributed by atoms with E-state index in [1.807, 2.05) is 72.8 Å². The Kier molecular flexibility index (Phi) is 6.13. The first kappa shape index (κ1) is 21.5.